The largest absolute Gasteiger partial charge is 0.370 e. The van der Waals surface area contributed by atoms with Crippen LogP contribution in [0, 0.1) is 5.41 Å². The van der Waals surface area contributed by atoms with Gasteiger partial charge in [0.1, 0.15) is 0 Å². The molecule has 2 aromatic rings. The summed E-state index contributed by atoms with van der Waals surface area (Å²) in [7, 11) is -5.08. The SMILES string of the molecule is CCC(CN(C)S(=O)(=O)C1CC1)N1C(=O)[C@@](CCN2CCS(=O)(=O)CC2)(CC(N)=O)C[C@H](c2cccc(Cl)c2)[C@H]1c1ccc(Cl)cc1. The molecule has 0 bridgehead atoms. The van der Waals surface area contributed by atoms with Crippen molar-refractivity contribution in [1.82, 2.24) is 14.1 Å². The van der Waals surface area contributed by atoms with Crippen LogP contribution >= 0.6 is 23.2 Å². The highest BCUT2D eigenvalue weighted by atomic mass is 35.5. The van der Waals surface area contributed by atoms with Crippen LogP contribution in [-0.2, 0) is 29.4 Å². The van der Waals surface area contributed by atoms with Gasteiger partial charge in [0.2, 0.25) is 21.8 Å². The van der Waals surface area contributed by atoms with E-state index in [1.807, 2.05) is 42.2 Å². The standard InChI is InChI=1S/C33H44Cl2N4O6S2/c1-3-27(22-37(2)47(44,45)28-11-12-28)39-31(23-7-9-25(34)10-8-23)29(24-5-4-6-26(35)19-24)20-33(32(39)41,21-30(36)40)13-14-38-15-17-46(42,43)18-16-38/h4-10,19,27-29,31H,3,11-18,20-22H2,1-2H3,(H2,36,40)/t27?,29-,31-,33-/m1/s1. The van der Waals surface area contributed by atoms with Gasteiger partial charge in [-0.2, -0.15) is 0 Å². The fourth-order valence-corrected chi connectivity index (χ4v) is 10.5. The van der Waals surface area contributed by atoms with Crippen molar-refractivity contribution < 1.29 is 26.4 Å². The topological polar surface area (TPSA) is 138 Å². The van der Waals surface area contributed by atoms with Crippen molar-refractivity contribution in [2.45, 2.75) is 68.7 Å². The Bertz CT molecular complexity index is 1670. The molecule has 1 aliphatic carbocycles. The normalized spacial score (nSPS) is 26.0. The van der Waals surface area contributed by atoms with Crippen LogP contribution in [0.3, 0.4) is 0 Å². The first-order valence-corrected chi connectivity index (χ1v) is 20.2. The fraction of sp³-hybridized carbons (Fsp3) is 0.576. The fourth-order valence-electron chi connectivity index (χ4n) is 7.26. The zero-order valence-corrected chi connectivity index (χ0v) is 30.0. The van der Waals surface area contributed by atoms with E-state index in [9.17, 15) is 21.6 Å². The first kappa shape index (κ1) is 36.1. The van der Waals surface area contributed by atoms with Crippen molar-refractivity contribution in [1.29, 1.82) is 0 Å². The Morgan fingerprint density at radius 1 is 1.06 bits per heavy atom. The maximum absolute atomic E-state index is 15.2. The molecule has 2 N–H and O–H groups in total. The number of rotatable bonds is 13. The number of primary amides is 1. The smallest absolute Gasteiger partial charge is 0.230 e. The maximum atomic E-state index is 15.2. The lowest BCUT2D eigenvalue weighted by Crippen LogP contribution is -2.60. The van der Waals surface area contributed by atoms with E-state index in [0.29, 0.717) is 48.9 Å². The van der Waals surface area contributed by atoms with Crippen LogP contribution in [-0.4, -0.2) is 98.8 Å². The van der Waals surface area contributed by atoms with Crippen LogP contribution in [0.15, 0.2) is 48.5 Å². The molecule has 0 aromatic heterocycles. The molecular weight excluding hydrogens is 683 g/mol. The molecule has 2 amide bonds. The van der Waals surface area contributed by atoms with E-state index in [1.165, 1.54) is 4.31 Å². The summed E-state index contributed by atoms with van der Waals surface area (Å²) in [6.45, 7) is 3.12. The minimum atomic E-state index is -3.54. The van der Waals surface area contributed by atoms with Gasteiger partial charge in [0.15, 0.2) is 9.84 Å². The Labute approximate surface area is 288 Å². The molecule has 2 saturated heterocycles. The number of carbonyl (C=O) groups is 2. The van der Waals surface area contributed by atoms with Crippen molar-refractivity contribution in [3.63, 3.8) is 0 Å². The van der Waals surface area contributed by atoms with Gasteiger partial charge in [0.05, 0.1) is 28.2 Å². The third kappa shape index (κ3) is 8.16. The van der Waals surface area contributed by atoms with Crippen LogP contribution in [0.25, 0.3) is 0 Å². The van der Waals surface area contributed by atoms with Gasteiger partial charge in [0, 0.05) is 55.1 Å². The third-order valence-electron chi connectivity index (χ3n) is 10.0. The number of amides is 2. The second-order valence-corrected chi connectivity index (χ2v) is 18.8. The molecule has 47 heavy (non-hydrogen) atoms. The maximum Gasteiger partial charge on any atom is 0.230 e. The van der Waals surface area contributed by atoms with Gasteiger partial charge in [-0.05, 0) is 74.0 Å². The Hall–Kier alpha value is -2.22. The Morgan fingerprint density at radius 3 is 2.30 bits per heavy atom. The summed E-state index contributed by atoms with van der Waals surface area (Å²) in [5.74, 6) is -1.13. The van der Waals surface area contributed by atoms with Crippen molar-refractivity contribution in [3.8, 4) is 0 Å². The average molecular weight is 728 g/mol. The highest BCUT2D eigenvalue weighted by Gasteiger charge is 2.54. The first-order chi connectivity index (χ1) is 22.2. The lowest BCUT2D eigenvalue weighted by atomic mass is 9.64. The van der Waals surface area contributed by atoms with E-state index in [-0.39, 0.29) is 49.1 Å². The summed E-state index contributed by atoms with van der Waals surface area (Å²) >= 11 is 12.8. The molecule has 3 aliphatic rings. The summed E-state index contributed by atoms with van der Waals surface area (Å²) in [5.41, 5.74) is 6.37. The van der Waals surface area contributed by atoms with Gasteiger partial charge in [0.25, 0.3) is 0 Å². The van der Waals surface area contributed by atoms with Crippen LogP contribution < -0.4 is 5.73 Å². The molecule has 258 valence electrons. The molecular formula is C33H44Cl2N4O6S2. The molecule has 14 heteroatoms. The molecule has 2 aliphatic heterocycles. The predicted octanol–water partition coefficient (Wildman–Crippen LogP) is 4.24. The highest BCUT2D eigenvalue weighted by Crippen LogP contribution is 2.54. The summed E-state index contributed by atoms with van der Waals surface area (Å²) in [4.78, 5) is 31.9. The van der Waals surface area contributed by atoms with Crippen molar-refractivity contribution in [3.05, 3.63) is 69.7 Å². The number of sulfone groups is 1. The molecule has 2 aromatic carbocycles. The van der Waals surface area contributed by atoms with Gasteiger partial charge in [-0.15, -0.1) is 0 Å². The number of nitrogens with zero attached hydrogens (tertiary/aromatic N) is 3. The van der Waals surface area contributed by atoms with Crippen molar-refractivity contribution in [2.24, 2.45) is 11.1 Å². The monoisotopic (exact) mass is 726 g/mol. The van der Waals surface area contributed by atoms with E-state index in [4.69, 9.17) is 28.9 Å². The number of likely N-dealkylation sites (tertiary alicyclic amines) is 1. The van der Waals surface area contributed by atoms with Gasteiger partial charge >= 0.3 is 0 Å². The van der Waals surface area contributed by atoms with Crippen LogP contribution in [0.2, 0.25) is 10.0 Å². The quantitative estimate of drug-likeness (QED) is 0.326. The van der Waals surface area contributed by atoms with Crippen LogP contribution in [0.4, 0.5) is 0 Å². The predicted molar refractivity (Wildman–Crippen MR) is 184 cm³/mol. The summed E-state index contributed by atoms with van der Waals surface area (Å²) < 4.78 is 52.2. The summed E-state index contributed by atoms with van der Waals surface area (Å²) in [6, 6.07) is 13.7. The molecule has 5 rings (SSSR count). The third-order valence-corrected chi connectivity index (χ3v) is 14.5. The molecule has 2 heterocycles. The first-order valence-electron chi connectivity index (χ1n) is 16.2. The van der Waals surface area contributed by atoms with Gasteiger partial charge in [-0.3, -0.25) is 9.59 Å². The lowest BCUT2D eigenvalue weighted by molar-refractivity contribution is -0.159. The number of halogens is 2. The molecule has 3 fully saturated rings. The van der Waals surface area contributed by atoms with E-state index in [1.54, 1.807) is 30.1 Å². The number of carbonyl (C=O) groups excluding carboxylic acids is 2. The van der Waals surface area contributed by atoms with Crippen molar-refractivity contribution in [2.75, 3.05) is 44.7 Å². The molecule has 1 unspecified atom stereocenters. The Balaban J connectivity index is 1.63. The molecule has 0 radical (unpaired) electrons. The van der Waals surface area contributed by atoms with Crippen LogP contribution in [0.1, 0.15) is 68.5 Å². The summed E-state index contributed by atoms with van der Waals surface area (Å²) in [5, 5.41) is 0.657. The number of benzene rings is 2. The highest BCUT2D eigenvalue weighted by molar-refractivity contribution is 7.91. The number of hydrogen-bond donors (Lipinski definition) is 1. The Morgan fingerprint density at radius 2 is 1.72 bits per heavy atom. The summed E-state index contributed by atoms with van der Waals surface area (Å²) in [6.07, 6.45) is 2.07. The van der Waals surface area contributed by atoms with Crippen molar-refractivity contribution >= 4 is 54.9 Å². The average Bonchev–Trinajstić information content (AvgIpc) is 3.87. The van der Waals surface area contributed by atoms with E-state index in [2.05, 4.69) is 0 Å². The second kappa shape index (κ2) is 14.3. The van der Waals surface area contributed by atoms with E-state index < -0.39 is 48.5 Å². The number of nitrogens with two attached hydrogens (primary N) is 1. The number of piperidine rings is 1. The minimum absolute atomic E-state index is 0.0411. The molecule has 10 nitrogen and oxygen atoms in total. The minimum Gasteiger partial charge on any atom is -0.370 e. The van der Waals surface area contributed by atoms with Gasteiger partial charge < -0.3 is 15.5 Å². The van der Waals surface area contributed by atoms with Gasteiger partial charge in [-0.25, -0.2) is 21.1 Å². The van der Waals surface area contributed by atoms with Crippen LogP contribution in [0.5, 0.6) is 0 Å². The molecule has 1 saturated carbocycles. The molecule has 4 atom stereocenters. The zero-order valence-electron chi connectivity index (χ0n) is 26.9. The molecule has 0 spiro atoms. The number of sulfonamides is 1. The second-order valence-electron chi connectivity index (χ2n) is 13.3. The zero-order chi connectivity index (χ0) is 34.1. The lowest BCUT2D eigenvalue weighted by Gasteiger charge is -2.53. The Kier molecular flexibility index (Phi) is 11.0. The van der Waals surface area contributed by atoms with E-state index in [0.717, 1.165) is 11.1 Å². The number of hydrogen-bond acceptors (Lipinski definition) is 7. The van der Waals surface area contributed by atoms with Gasteiger partial charge in [-0.1, -0.05) is 54.4 Å². The number of likely N-dealkylation sites (N-methyl/N-ethyl adjacent to an activating group) is 1. The van der Waals surface area contributed by atoms with E-state index >= 15 is 4.79 Å².